The highest BCUT2D eigenvalue weighted by Crippen LogP contribution is 2.72. The van der Waals surface area contributed by atoms with Crippen LogP contribution in [0.4, 0.5) is 0 Å². The maximum absolute atomic E-state index is 2.54. The number of allylic oxidation sites excluding steroid dienone is 5. The Balaban J connectivity index is 1.94. The quantitative estimate of drug-likeness (QED) is 0.451. The number of rotatable bonds is 4. The molecule has 2 aliphatic carbocycles. The van der Waals surface area contributed by atoms with Gasteiger partial charge in [0.2, 0.25) is 0 Å². The molecule has 4 rings (SSSR count). The van der Waals surface area contributed by atoms with Crippen molar-refractivity contribution in [3.63, 3.8) is 0 Å². The summed E-state index contributed by atoms with van der Waals surface area (Å²) in [6.07, 6.45) is 14.8. The van der Waals surface area contributed by atoms with E-state index in [1.54, 1.807) is 15.4 Å². The number of benzene rings is 2. The first kappa shape index (κ1) is 20.3. The van der Waals surface area contributed by atoms with Gasteiger partial charge in [-0.15, -0.1) is 0 Å². The Morgan fingerprint density at radius 2 is 1.31 bits per heavy atom. The molecule has 0 N–H and O–H groups in total. The van der Waals surface area contributed by atoms with Crippen molar-refractivity contribution in [1.29, 1.82) is 0 Å². The summed E-state index contributed by atoms with van der Waals surface area (Å²) in [5.74, 6) is 0. The first-order chi connectivity index (χ1) is 14.0. The molecule has 2 atom stereocenters. The molecule has 2 aliphatic rings. The van der Waals surface area contributed by atoms with Crippen LogP contribution in [0, 0.1) is 13.8 Å². The van der Waals surface area contributed by atoms with E-state index in [9.17, 15) is 0 Å². The van der Waals surface area contributed by atoms with E-state index in [1.807, 2.05) is 0 Å². The van der Waals surface area contributed by atoms with Crippen molar-refractivity contribution in [3.05, 3.63) is 95.1 Å². The highest BCUT2D eigenvalue weighted by molar-refractivity contribution is 8.34. The molecule has 0 spiro atoms. The minimum atomic E-state index is -1.21. The molecule has 0 aliphatic heterocycles. The molecule has 1 heteroatoms. The van der Waals surface area contributed by atoms with Gasteiger partial charge in [0, 0.05) is 10.5 Å². The molecular weight excluding hydrogens is 368 g/mol. The Hall–Kier alpha value is -1.99. The topological polar surface area (TPSA) is 0 Å². The Labute approximate surface area is 178 Å². The lowest BCUT2D eigenvalue weighted by molar-refractivity contribution is 0.701. The molecule has 2 unspecified atom stereocenters. The van der Waals surface area contributed by atoms with Crippen molar-refractivity contribution in [1.82, 2.24) is 0 Å². The van der Waals surface area contributed by atoms with Crippen LogP contribution in [0.25, 0.3) is 0 Å². The lowest BCUT2D eigenvalue weighted by Gasteiger charge is -2.53. The summed E-state index contributed by atoms with van der Waals surface area (Å²) in [6.45, 7) is 8.93. The molecule has 0 heterocycles. The maximum atomic E-state index is 2.54. The van der Waals surface area contributed by atoms with E-state index in [1.165, 1.54) is 36.0 Å². The predicted octanol–water partition coefficient (Wildman–Crippen LogP) is 8.30. The van der Waals surface area contributed by atoms with Crippen LogP contribution in [0.15, 0.2) is 93.8 Å². The lowest BCUT2D eigenvalue weighted by Crippen LogP contribution is -2.30. The van der Waals surface area contributed by atoms with Crippen LogP contribution in [0.3, 0.4) is 0 Å². The zero-order chi connectivity index (χ0) is 20.4. The predicted molar refractivity (Wildman–Crippen MR) is 129 cm³/mol. The highest BCUT2D eigenvalue weighted by atomic mass is 32.3. The smallest absolute Gasteiger partial charge is 0.0186 e. The Morgan fingerprint density at radius 1 is 0.724 bits per heavy atom. The Bertz CT molecular complexity index is 895. The third-order valence-corrected chi connectivity index (χ3v) is 11.5. The summed E-state index contributed by atoms with van der Waals surface area (Å²) in [4.78, 5) is 3.13. The molecule has 0 radical (unpaired) electrons. The van der Waals surface area contributed by atoms with Gasteiger partial charge in [0.25, 0.3) is 0 Å². The molecule has 2 aromatic carbocycles. The fourth-order valence-electron chi connectivity index (χ4n) is 4.91. The highest BCUT2D eigenvalue weighted by Gasteiger charge is 2.42. The molecule has 2 aromatic rings. The fourth-order valence-corrected chi connectivity index (χ4v) is 9.93. The van der Waals surface area contributed by atoms with Crippen molar-refractivity contribution >= 4 is 10.0 Å². The second-order valence-corrected chi connectivity index (χ2v) is 12.5. The van der Waals surface area contributed by atoms with Gasteiger partial charge in [-0.05, 0) is 87.4 Å². The van der Waals surface area contributed by atoms with Gasteiger partial charge in [-0.1, -0.05) is 70.8 Å². The minimum Gasteiger partial charge on any atom is -0.178 e. The normalized spacial score (nSPS) is 22.8. The van der Waals surface area contributed by atoms with Gasteiger partial charge in [0.05, 0.1) is 0 Å². The zero-order valence-corrected chi connectivity index (χ0v) is 19.1. The van der Waals surface area contributed by atoms with Crippen LogP contribution < -0.4 is 0 Å². The summed E-state index contributed by atoms with van der Waals surface area (Å²) in [5.41, 5.74) is 5.67. The third-order valence-electron chi connectivity index (χ3n) is 6.66. The minimum absolute atomic E-state index is 0.563. The van der Waals surface area contributed by atoms with Gasteiger partial charge in [-0.25, -0.2) is 0 Å². The van der Waals surface area contributed by atoms with Crippen LogP contribution >= 0.6 is 10.0 Å². The largest absolute Gasteiger partial charge is 0.178 e. The molecule has 0 fully saturated rings. The Kier molecular flexibility index (Phi) is 5.88. The van der Waals surface area contributed by atoms with E-state index in [4.69, 9.17) is 0 Å². The van der Waals surface area contributed by atoms with Gasteiger partial charge in [0.15, 0.2) is 0 Å². The molecule has 0 bridgehead atoms. The van der Waals surface area contributed by atoms with Crippen LogP contribution in [0.2, 0.25) is 0 Å². The second-order valence-electron chi connectivity index (χ2n) is 8.86. The molecular formula is C28H34S. The van der Waals surface area contributed by atoms with Gasteiger partial charge in [0.1, 0.15) is 0 Å². The van der Waals surface area contributed by atoms with Crippen molar-refractivity contribution in [2.45, 2.75) is 73.7 Å². The van der Waals surface area contributed by atoms with Crippen molar-refractivity contribution in [2.24, 2.45) is 0 Å². The molecule has 0 aromatic heterocycles. The summed E-state index contributed by atoms with van der Waals surface area (Å²) < 4.78 is 0. The van der Waals surface area contributed by atoms with E-state index in [0.717, 1.165) is 6.42 Å². The zero-order valence-electron chi connectivity index (χ0n) is 18.3. The van der Waals surface area contributed by atoms with Crippen molar-refractivity contribution in [2.75, 3.05) is 0 Å². The lowest BCUT2D eigenvalue weighted by atomic mass is 10.0. The number of hydrogen-bond acceptors (Lipinski definition) is 0. The van der Waals surface area contributed by atoms with E-state index >= 15 is 0 Å². The number of hydrogen-bond donors (Lipinski definition) is 0. The average Bonchev–Trinajstić information content (AvgIpc) is 2.73. The molecule has 0 saturated carbocycles. The summed E-state index contributed by atoms with van der Waals surface area (Å²) in [6, 6.07) is 19.0. The first-order valence-electron chi connectivity index (χ1n) is 10.9. The second kappa shape index (κ2) is 8.40. The Morgan fingerprint density at radius 3 is 1.76 bits per heavy atom. The summed E-state index contributed by atoms with van der Waals surface area (Å²) in [5, 5.41) is 1.26. The van der Waals surface area contributed by atoms with Crippen LogP contribution in [0.5, 0.6) is 0 Å². The monoisotopic (exact) mass is 402 g/mol. The van der Waals surface area contributed by atoms with Gasteiger partial charge < -0.3 is 0 Å². The van der Waals surface area contributed by atoms with Crippen molar-refractivity contribution < 1.29 is 0 Å². The average molecular weight is 403 g/mol. The van der Waals surface area contributed by atoms with Crippen LogP contribution in [-0.4, -0.2) is 10.5 Å². The van der Waals surface area contributed by atoms with Crippen LogP contribution in [0.1, 0.15) is 50.7 Å². The van der Waals surface area contributed by atoms with Gasteiger partial charge in [-0.3, -0.25) is 0 Å². The van der Waals surface area contributed by atoms with E-state index < -0.39 is 10.0 Å². The fraction of sp³-hybridized carbons (Fsp3) is 0.357. The molecule has 152 valence electrons. The summed E-state index contributed by atoms with van der Waals surface area (Å²) in [7, 11) is -1.21. The third kappa shape index (κ3) is 3.90. The van der Waals surface area contributed by atoms with Gasteiger partial charge >= 0.3 is 0 Å². The summed E-state index contributed by atoms with van der Waals surface area (Å²) >= 11 is 0. The molecule has 0 amide bonds. The molecule has 0 nitrogen and oxygen atoms in total. The van der Waals surface area contributed by atoms with Crippen molar-refractivity contribution in [3.8, 4) is 0 Å². The standard InChI is InChI=1S/C28H34S/c1-21-5-13-25(14-6-21)29(26-15-7-22(2)8-16-26,27-17-9-23(3)10-18-27)28-19-11-24(4)12-20-28/h5-11,13-17,27-28H,12,18-20H2,1-4H3. The SMILES string of the molecule is CC1=CCC(S(c2ccc(C)cc2)(c2ccc(C)cc2)C2CC=C(C)CC2)C=C1. The maximum Gasteiger partial charge on any atom is 0.0186 e. The van der Waals surface area contributed by atoms with Gasteiger partial charge in [-0.2, -0.15) is 10.0 Å². The van der Waals surface area contributed by atoms with E-state index in [0.29, 0.717) is 10.5 Å². The molecule has 29 heavy (non-hydrogen) atoms. The molecule has 0 saturated heterocycles. The first-order valence-corrected chi connectivity index (χ1v) is 12.7. The number of aryl methyl sites for hydroxylation is 2. The van der Waals surface area contributed by atoms with E-state index in [2.05, 4.69) is 101 Å². The van der Waals surface area contributed by atoms with Crippen LogP contribution in [-0.2, 0) is 0 Å². The van der Waals surface area contributed by atoms with E-state index in [-0.39, 0.29) is 0 Å².